The van der Waals surface area contributed by atoms with Gasteiger partial charge in [0, 0.05) is 36.8 Å². The highest BCUT2D eigenvalue weighted by Gasteiger charge is 2.22. The lowest BCUT2D eigenvalue weighted by molar-refractivity contribution is -0.136. The lowest BCUT2D eigenvalue weighted by Gasteiger charge is -2.11. The second kappa shape index (κ2) is 9.15. The summed E-state index contributed by atoms with van der Waals surface area (Å²) in [5, 5.41) is 14.2. The topological polar surface area (TPSA) is 130 Å². The second-order valence-corrected chi connectivity index (χ2v) is 7.29. The Labute approximate surface area is 186 Å². The fraction of sp³-hybridized carbons (Fsp3) is 0.150. The van der Waals surface area contributed by atoms with Gasteiger partial charge < -0.3 is 15.7 Å². The van der Waals surface area contributed by atoms with Crippen LogP contribution in [0.15, 0.2) is 36.7 Å². The van der Waals surface area contributed by atoms with Crippen LogP contribution in [-0.4, -0.2) is 44.9 Å². The minimum absolute atomic E-state index is 0.0131. The third kappa shape index (κ3) is 4.84. The highest BCUT2D eigenvalue weighted by Crippen LogP contribution is 2.30. The average molecular weight is 463 g/mol. The van der Waals surface area contributed by atoms with E-state index in [1.165, 1.54) is 36.0 Å². The first-order valence-electron chi connectivity index (χ1n) is 8.96. The van der Waals surface area contributed by atoms with E-state index < -0.39 is 17.8 Å². The van der Waals surface area contributed by atoms with E-state index >= 15 is 0 Å². The van der Waals surface area contributed by atoms with Crippen molar-refractivity contribution in [2.45, 2.75) is 13.3 Å². The van der Waals surface area contributed by atoms with Gasteiger partial charge in [-0.25, -0.2) is 4.98 Å². The molecule has 0 aliphatic heterocycles. The van der Waals surface area contributed by atoms with Crippen LogP contribution >= 0.6 is 23.2 Å². The molecule has 0 spiro atoms. The number of hydrogen-bond donors (Lipinski definition) is 3. The second-order valence-electron chi connectivity index (χ2n) is 6.48. The Morgan fingerprint density at radius 3 is 2.42 bits per heavy atom. The summed E-state index contributed by atoms with van der Waals surface area (Å²) in [6.07, 6.45) is 2.71. The fourth-order valence-electron chi connectivity index (χ4n) is 2.92. The number of aromatic nitrogens is 2. The van der Waals surface area contributed by atoms with Crippen LogP contribution in [0.1, 0.15) is 34.1 Å². The number of fused-ring (bicyclic) bond motifs is 1. The molecule has 2 amide bonds. The number of hydrogen-bond acceptors (Lipinski definition) is 5. The zero-order chi connectivity index (χ0) is 22.7. The minimum atomic E-state index is -1.05. The number of carboxylic acid groups (broad SMARTS) is 1. The van der Waals surface area contributed by atoms with Gasteiger partial charge in [-0.1, -0.05) is 23.2 Å². The number of rotatable bonds is 6. The van der Waals surface area contributed by atoms with Gasteiger partial charge in [0.25, 0.3) is 11.8 Å². The van der Waals surface area contributed by atoms with E-state index in [4.69, 9.17) is 28.3 Å². The summed E-state index contributed by atoms with van der Waals surface area (Å²) in [4.78, 5) is 51.4. The van der Waals surface area contributed by atoms with E-state index in [2.05, 4.69) is 15.6 Å². The van der Waals surface area contributed by atoms with Crippen molar-refractivity contribution in [3.05, 3.63) is 57.8 Å². The molecule has 9 nitrogen and oxygen atoms in total. The molecule has 160 valence electrons. The van der Waals surface area contributed by atoms with Crippen LogP contribution in [0, 0.1) is 0 Å². The normalized spacial score (nSPS) is 10.7. The van der Waals surface area contributed by atoms with Gasteiger partial charge in [0.15, 0.2) is 0 Å². The first kappa shape index (κ1) is 22.3. The Hall–Kier alpha value is -3.43. The molecule has 0 saturated carbocycles. The number of carboxylic acids is 1. The molecule has 0 fully saturated rings. The van der Waals surface area contributed by atoms with Crippen molar-refractivity contribution in [2.24, 2.45) is 0 Å². The summed E-state index contributed by atoms with van der Waals surface area (Å²) in [6, 6.07) is 5.79. The lowest BCUT2D eigenvalue weighted by Crippen LogP contribution is -2.26. The number of pyridine rings is 1. The number of amides is 2. The number of nitrogens with one attached hydrogen (secondary N) is 2. The number of halogens is 2. The van der Waals surface area contributed by atoms with Crippen molar-refractivity contribution in [3.63, 3.8) is 0 Å². The molecule has 3 N–H and O–H groups in total. The monoisotopic (exact) mass is 462 g/mol. The predicted octanol–water partition coefficient (Wildman–Crippen LogP) is 3.19. The Morgan fingerprint density at radius 2 is 1.81 bits per heavy atom. The first-order valence-corrected chi connectivity index (χ1v) is 9.72. The van der Waals surface area contributed by atoms with Crippen LogP contribution in [0.4, 0.5) is 5.82 Å². The van der Waals surface area contributed by atoms with Gasteiger partial charge in [-0.05, 0) is 24.3 Å². The zero-order valence-electron chi connectivity index (χ0n) is 16.1. The molecular weight excluding hydrogens is 447 g/mol. The number of aliphatic carboxylic acids is 1. The van der Waals surface area contributed by atoms with Crippen molar-refractivity contribution in [1.29, 1.82) is 0 Å². The molecule has 0 bridgehead atoms. The summed E-state index contributed by atoms with van der Waals surface area (Å²) in [6.45, 7) is 1.28. The molecule has 0 aliphatic carbocycles. The van der Waals surface area contributed by atoms with E-state index in [-0.39, 0.29) is 40.0 Å². The molecule has 2 aromatic heterocycles. The van der Waals surface area contributed by atoms with Crippen LogP contribution in [0.25, 0.3) is 10.9 Å². The van der Waals surface area contributed by atoms with Crippen molar-refractivity contribution in [1.82, 2.24) is 14.9 Å². The highest BCUT2D eigenvalue weighted by atomic mass is 35.5. The first-order chi connectivity index (χ1) is 14.7. The molecule has 11 heteroatoms. The predicted molar refractivity (Wildman–Crippen MR) is 115 cm³/mol. The Kier molecular flexibility index (Phi) is 6.57. The van der Waals surface area contributed by atoms with Crippen molar-refractivity contribution in [2.75, 3.05) is 11.9 Å². The van der Waals surface area contributed by atoms with Gasteiger partial charge in [-0.3, -0.25) is 23.7 Å². The summed E-state index contributed by atoms with van der Waals surface area (Å²) < 4.78 is 1.31. The molecule has 0 atom stereocenters. The number of benzene rings is 1. The van der Waals surface area contributed by atoms with Gasteiger partial charge >= 0.3 is 5.97 Å². The van der Waals surface area contributed by atoms with Crippen LogP contribution < -0.4 is 10.6 Å². The molecule has 31 heavy (non-hydrogen) atoms. The molecule has 2 heterocycles. The summed E-state index contributed by atoms with van der Waals surface area (Å²) in [7, 11) is 0. The zero-order valence-corrected chi connectivity index (χ0v) is 17.6. The standard InChI is InChI=1S/C20H16Cl2N4O5/c1-10(27)25-18-12-4-7-26(15(12)2-5-23-18)20(31)17-13(21)8-11(9-14(17)22)19(30)24-6-3-16(28)29/h2,4-5,7-9H,3,6H2,1H3,(H,24,30)(H,28,29)(H,23,25,27). The van der Waals surface area contributed by atoms with Gasteiger partial charge in [0.1, 0.15) is 5.82 Å². The van der Waals surface area contributed by atoms with E-state index in [0.29, 0.717) is 16.7 Å². The molecule has 0 unspecified atom stereocenters. The molecular formula is C20H16Cl2N4O5. The van der Waals surface area contributed by atoms with Crippen LogP contribution in [0.5, 0.6) is 0 Å². The van der Waals surface area contributed by atoms with E-state index in [1.807, 2.05) is 0 Å². The van der Waals surface area contributed by atoms with Crippen LogP contribution in [0.2, 0.25) is 10.0 Å². The number of carbonyl (C=O) groups excluding carboxylic acids is 3. The minimum Gasteiger partial charge on any atom is -0.481 e. The molecule has 0 aliphatic rings. The molecule has 3 rings (SSSR count). The highest BCUT2D eigenvalue weighted by molar-refractivity contribution is 6.40. The van der Waals surface area contributed by atoms with Crippen LogP contribution in [0.3, 0.4) is 0 Å². The average Bonchev–Trinajstić information content (AvgIpc) is 3.11. The van der Waals surface area contributed by atoms with Gasteiger partial charge in [0.2, 0.25) is 5.91 Å². The van der Waals surface area contributed by atoms with Crippen molar-refractivity contribution >= 4 is 63.6 Å². The summed E-state index contributed by atoms with van der Waals surface area (Å²) >= 11 is 12.5. The van der Waals surface area contributed by atoms with E-state index in [1.54, 1.807) is 12.1 Å². The summed E-state index contributed by atoms with van der Waals surface area (Å²) in [5.74, 6) is -2.15. The lowest BCUT2D eigenvalue weighted by atomic mass is 10.1. The smallest absolute Gasteiger partial charge is 0.305 e. The number of anilines is 1. The molecule has 1 aromatic carbocycles. The maximum absolute atomic E-state index is 13.1. The molecule has 0 saturated heterocycles. The molecule has 3 aromatic rings. The van der Waals surface area contributed by atoms with Gasteiger partial charge in [-0.15, -0.1) is 0 Å². The van der Waals surface area contributed by atoms with Gasteiger partial charge in [-0.2, -0.15) is 0 Å². The Bertz CT molecular complexity index is 1200. The van der Waals surface area contributed by atoms with E-state index in [0.717, 1.165) is 0 Å². The third-order valence-corrected chi connectivity index (χ3v) is 4.87. The fourth-order valence-corrected chi connectivity index (χ4v) is 3.57. The Morgan fingerprint density at radius 1 is 1.13 bits per heavy atom. The summed E-state index contributed by atoms with van der Waals surface area (Å²) in [5.41, 5.74) is 0.554. The maximum atomic E-state index is 13.1. The molecule has 0 radical (unpaired) electrons. The van der Waals surface area contributed by atoms with Crippen molar-refractivity contribution in [3.8, 4) is 0 Å². The van der Waals surface area contributed by atoms with Gasteiger partial charge in [0.05, 0.1) is 27.5 Å². The number of nitrogens with zero attached hydrogens (tertiary/aromatic N) is 2. The quantitative estimate of drug-likeness (QED) is 0.515. The maximum Gasteiger partial charge on any atom is 0.305 e. The van der Waals surface area contributed by atoms with E-state index in [9.17, 15) is 19.2 Å². The Balaban J connectivity index is 1.93. The SMILES string of the molecule is CC(=O)Nc1nccc2c1ccn2C(=O)c1c(Cl)cc(C(=O)NCCC(=O)O)cc1Cl. The third-order valence-electron chi connectivity index (χ3n) is 4.27. The van der Waals surface area contributed by atoms with Crippen LogP contribution in [-0.2, 0) is 9.59 Å². The van der Waals surface area contributed by atoms with Crippen molar-refractivity contribution < 1.29 is 24.3 Å². The largest absolute Gasteiger partial charge is 0.481 e. The number of carbonyl (C=O) groups is 4.